The van der Waals surface area contributed by atoms with E-state index in [0.717, 1.165) is 0 Å². The van der Waals surface area contributed by atoms with Crippen LogP contribution < -0.4 is 5.32 Å². The van der Waals surface area contributed by atoms with Gasteiger partial charge in [0, 0.05) is 6.54 Å². The van der Waals surface area contributed by atoms with Gasteiger partial charge in [-0.1, -0.05) is 0 Å². The smallest absolute Gasteiger partial charge is 0.0973 e. The summed E-state index contributed by atoms with van der Waals surface area (Å²) in [6, 6.07) is 0. The molecule has 3 nitrogen and oxygen atoms in total. The molecule has 0 spiro atoms. The van der Waals surface area contributed by atoms with Gasteiger partial charge in [0.1, 0.15) is 0 Å². The van der Waals surface area contributed by atoms with Gasteiger partial charge in [-0.25, -0.2) is 0 Å². The molecular weight excluding hydrogens is 130 g/mol. The summed E-state index contributed by atoms with van der Waals surface area (Å²) in [5.74, 6) is 0. The van der Waals surface area contributed by atoms with Crippen LogP contribution in [0.4, 0.5) is 0 Å². The van der Waals surface area contributed by atoms with Crippen LogP contribution >= 0.6 is 0 Å². The minimum atomic E-state index is -0.0948. The van der Waals surface area contributed by atoms with Crippen LogP contribution in [0.15, 0.2) is 0 Å². The molecule has 0 aliphatic rings. The largest absolute Gasteiger partial charge is 0.395 e. The Bertz CT molecular complexity index is 78.2. The molecule has 0 aromatic rings. The van der Waals surface area contributed by atoms with Crippen LogP contribution in [-0.4, -0.2) is 30.6 Å². The highest BCUT2D eigenvalue weighted by Crippen LogP contribution is 2.04. The van der Waals surface area contributed by atoms with Crippen molar-refractivity contribution in [2.45, 2.75) is 26.4 Å². The van der Waals surface area contributed by atoms with Crippen LogP contribution in [0.2, 0.25) is 0 Å². The molecule has 0 saturated heterocycles. The van der Waals surface area contributed by atoms with Gasteiger partial charge in [0.25, 0.3) is 0 Å². The summed E-state index contributed by atoms with van der Waals surface area (Å²) in [4.78, 5) is 0. The van der Waals surface area contributed by atoms with Crippen molar-refractivity contribution in [1.82, 2.24) is 5.32 Å². The molecular formula is C7H17NO2. The first-order valence-corrected chi connectivity index (χ1v) is 3.52. The molecule has 0 atom stereocenters. The van der Waals surface area contributed by atoms with Crippen molar-refractivity contribution in [2.75, 3.05) is 19.9 Å². The molecule has 0 heterocycles. The van der Waals surface area contributed by atoms with Gasteiger partial charge < -0.3 is 9.84 Å². The van der Waals surface area contributed by atoms with E-state index in [2.05, 4.69) is 5.32 Å². The zero-order valence-corrected chi connectivity index (χ0v) is 6.98. The molecule has 0 aliphatic heterocycles. The van der Waals surface area contributed by atoms with Gasteiger partial charge in [0.2, 0.25) is 0 Å². The Labute approximate surface area is 62.4 Å². The SMILES string of the molecule is CC(C)(C)OCNCCO. The fourth-order valence-electron chi connectivity index (χ4n) is 0.419. The molecule has 10 heavy (non-hydrogen) atoms. The zero-order valence-electron chi connectivity index (χ0n) is 6.98. The van der Waals surface area contributed by atoms with Crippen molar-refractivity contribution < 1.29 is 9.84 Å². The van der Waals surface area contributed by atoms with Crippen molar-refractivity contribution in [3.63, 3.8) is 0 Å². The molecule has 0 amide bonds. The summed E-state index contributed by atoms with van der Waals surface area (Å²) >= 11 is 0. The van der Waals surface area contributed by atoms with Crippen molar-refractivity contribution >= 4 is 0 Å². The highest BCUT2D eigenvalue weighted by atomic mass is 16.5. The monoisotopic (exact) mass is 147 g/mol. The lowest BCUT2D eigenvalue weighted by atomic mass is 10.2. The maximum Gasteiger partial charge on any atom is 0.0973 e. The van der Waals surface area contributed by atoms with Crippen LogP contribution in [0.5, 0.6) is 0 Å². The molecule has 0 aromatic heterocycles. The first-order chi connectivity index (χ1) is 4.56. The summed E-state index contributed by atoms with van der Waals surface area (Å²) in [5, 5.41) is 11.3. The average molecular weight is 147 g/mol. The van der Waals surface area contributed by atoms with E-state index in [-0.39, 0.29) is 12.2 Å². The van der Waals surface area contributed by atoms with Crippen LogP contribution in [0.1, 0.15) is 20.8 Å². The second-order valence-electron chi connectivity index (χ2n) is 3.12. The highest BCUT2D eigenvalue weighted by molar-refractivity contribution is 4.57. The van der Waals surface area contributed by atoms with Crippen LogP contribution in [0, 0.1) is 0 Å². The summed E-state index contributed by atoms with van der Waals surface area (Å²) < 4.78 is 5.31. The van der Waals surface area contributed by atoms with E-state index < -0.39 is 0 Å². The fourth-order valence-corrected chi connectivity index (χ4v) is 0.419. The standard InChI is InChI=1S/C7H17NO2/c1-7(2,3)10-6-8-4-5-9/h8-9H,4-6H2,1-3H3. The number of hydrogen-bond donors (Lipinski definition) is 2. The minimum Gasteiger partial charge on any atom is -0.395 e. The third-order valence-corrected chi connectivity index (χ3v) is 0.896. The van der Waals surface area contributed by atoms with Gasteiger partial charge >= 0.3 is 0 Å². The lowest BCUT2D eigenvalue weighted by Crippen LogP contribution is -2.29. The van der Waals surface area contributed by atoms with E-state index in [0.29, 0.717) is 13.3 Å². The molecule has 3 heteroatoms. The van der Waals surface area contributed by atoms with Crippen molar-refractivity contribution in [3.8, 4) is 0 Å². The van der Waals surface area contributed by atoms with E-state index in [9.17, 15) is 0 Å². The number of hydrogen-bond acceptors (Lipinski definition) is 3. The highest BCUT2D eigenvalue weighted by Gasteiger charge is 2.08. The number of aliphatic hydroxyl groups is 1. The topological polar surface area (TPSA) is 41.5 Å². The Hall–Kier alpha value is -0.120. The molecule has 0 unspecified atom stereocenters. The third kappa shape index (κ3) is 7.88. The van der Waals surface area contributed by atoms with Gasteiger partial charge in [0.15, 0.2) is 0 Å². The average Bonchev–Trinajstić information content (AvgIpc) is 1.78. The maximum atomic E-state index is 8.38. The van der Waals surface area contributed by atoms with Gasteiger partial charge in [-0.3, -0.25) is 5.32 Å². The Morgan fingerprint density at radius 2 is 2.00 bits per heavy atom. The molecule has 0 radical (unpaired) electrons. The number of nitrogens with one attached hydrogen (secondary N) is 1. The Balaban J connectivity index is 3.04. The van der Waals surface area contributed by atoms with E-state index in [1.54, 1.807) is 0 Å². The quantitative estimate of drug-likeness (QED) is 0.445. The number of ether oxygens (including phenoxy) is 1. The van der Waals surface area contributed by atoms with E-state index in [1.807, 2.05) is 20.8 Å². The lowest BCUT2D eigenvalue weighted by Gasteiger charge is -2.19. The summed E-state index contributed by atoms with van der Waals surface area (Å²) in [7, 11) is 0. The Kier molecular flexibility index (Phi) is 4.60. The first-order valence-electron chi connectivity index (χ1n) is 3.52. The van der Waals surface area contributed by atoms with Crippen LogP contribution in [0.25, 0.3) is 0 Å². The van der Waals surface area contributed by atoms with E-state index in [1.165, 1.54) is 0 Å². The second-order valence-corrected chi connectivity index (χ2v) is 3.12. The molecule has 0 aromatic carbocycles. The molecule has 0 fully saturated rings. The molecule has 62 valence electrons. The summed E-state index contributed by atoms with van der Waals surface area (Å²) in [6.07, 6.45) is 0. The maximum absolute atomic E-state index is 8.38. The normalized spacial score (nSPS) is 12.0. The molecule has 0 rings (SSSR count). The van der Waals surface area contributed by atoms with Crippen LogP contribution in [-0.2, 0) is 4.74 Å². The van der Waals surface area contributed by atoms with Crippen molar-refractivity contribution in [3.05, 3.63) is 0 Å². The predicted octanol–water partition coefficient (Wildman–Crippen LogP) is 0.341. The summed E-state index contributed by atoms with van der Waals surface area (Å²) in [5.41, 5.74) is -0.0948. The summed E-state index contributed by atoms with van der Waals surface area (Å²) in [6.45, 7) is 7.24. The molecule has 0 aliphatic carbocycles. The van der Waals surface area contributed by atoms with Gasteiger partial charge in [0.05, 0.1) is 18.9 Å². The van der Waals surface area contributed by atoms with E-state index in [4.69, 9.17) is 9.84 Å². The van der Waals surface area contributed by atoms with Crippen molar-refractivity contribution in [1.29, 1.82) is 0 Å². The van der Waals surface area contributed by atoms with E-state index >= 15 is 0 Å². The number of aliphatic hydroxyl groups excluding tert-OH is 1. The number of rotatable bonds is 4. The Morgan fingerprint density at radius 1 is 1.40 bits per heavy atom. The molecule has 2 N–H and O–H groups in total. The third-order valence-electron chi connectivity index (χ3n) is 0.896. The lowest BCUT2D eigenvalue weighted by molar-refractivity contribution is -0.0142. The zero-order chi connectivity index (χ0) is 8.04. The van der Waals surface area contributed by atoms with Gasteiger partial charge in [-0.15, -0.1) is 0 Å². The van der Waals surface area contributed by atoms with Crippen molar-refractivity contribution in [2.24, 2.45) is 0 Å². The predicted molar refractivity (Wildman–Crippen MR) is 40.8 cm³/mol. The molecule has 0 saturated carbocycles. The fraction of sp³-hybridized carbons (Fsp3) is 1.00. The minimum absolute atomic E-state index is 0.0948. The van der Waals surface area contributed by atoms with Gasteiger partial charge in [-0.2, -0.15) is 0 Å². The second kappa shape index (κ2) is 4.66. The first kappa shape index (κ1) is 9.88. The molecule has 0 bridgehead atoms. The van der Waals surface area contributed by atoms with Crippen LogP contribution in [0.3, 0.4) is 0 Å². The van der Waals surface area contributed by atoms with Gasteiger partial charge in [-0.05, 0) is 20.8 Å². The Morgan fingerprint density at radius 3 is 2.40 bits per heavy atom.